The molecule has 6 heteroatoms. The van der Waals surface area contributed by atoms with E-state index in [0.29, 0.717) is 25.1 Å². The molecule has 100 valence electrons. The molecule has 0 radical (unpaired) electrons. The normalized spacial score (nSPS) is 15.2. The molecule has 0 unspecified atom stereocenters. The van der Waals surface area contributed by atoms with Crippen molar-refractivity contribution in [3.05, 3.63) is 34.3 Å². The maximum Gasteiger partial charge on any atom is 0.267 e. The van der Waals surface area contributed by atoms with Gasteiger partial charge in [0.2, 0.25) is 5.91 Å². The quantitative estimate of drug-likeness (QED) is 0.919. The van der Waals surface area contributed by atoms with Gasteiger partial charge in [-0.15, -0.1) is 0 Å². The first-order valence-corrected chi connectivity index (χ1v) is 6.72. The number of carbonyl (C=O) groups is 2. The topological polar surface area (TPSA) is 61.8 Å². The maximum atomic E-state index is 11.9. The van der Waals surface area contributed by atoms with Crippen LogP contribution in [-0.4, -0.2) is 29.6 Å². The zero-order chi connectivity index (χ0) is 13.8. The number of hydrogen-bond donors (Lipinski definition) is 1. The van der Waals surface area contributed by atoms with Crippen LogP contribution in [0.4, 0.5) is 0 Å². The number of amides is 2. The van der Waals surface area contributed by atoms with Gasteiger partial charge in [-0.1, -0.05) is 28.1 Å². The van der Waals surface area contributed by atoms with E-state index >= 15 is 0 Å². The van der Waals surface area contributed by atoms with Gasteiger partial charge in [-0.05, 0) is 17.7 Å². The molecule has 0 saturated heterocycles. The molecule has 0 bridgehead atoms. The second kappa shape index (κ2) is 5.97. The number of halogens is 1. The van der Waals surface area contributed by atoms with Crippen molar-refractivity contribution in [3.8, 4) is 0 Å². The minimum atomic E-state index is -0.223. The average molecular weight is 324 g/mol. The number of nitrogens with zero attached hydrogens (tertiary/aromatic N) is 2. The molecule has 2 rings (SSSR count). The van der Waals surface area contributed by atoms with E-state index in [4.69, 9.17) is 0 Å². The van der Waals surface area contributed by atoms with Crippen molar-refractivity contribution in [1.82, 2.24) is 10.3 Å². The molecule has 1 aromatic carbocycles. The fourth-order valence-corrected chi connectivity index (χ4v) is 2.21. The van der Waals surface area contributed by atoms with Gasteiger partial charge in [0.05, 0.1) is 0 Å². The third-order valence-electron chi connectivity index (χ3n) is 2.81. The monoisotopic (exact) mass is 323 g/mol. The summed E-state index contributed by atoms with van der Waals surface area (Å²) in [6, 6.07) is 7.72. The van der Waals surface area contributed by atoms with Crippen LogP contribution in [0.15, 0.2) is 33.8 Å². The molecule has 2 amide bonds. The van der Waals surface area contributed by atoms with E-state index in [2.05, 4.69) is 26.3 Å². The molecular formula is C13H14BrN3O2. The Morgan fingerprint density at radius 3 is 2.95 bits per heavy atom. The van der Waals surface area contributed by atoms with Crippen LogP contribution in [0.5, 0.6) is 0 Å². The zero-order valence-corrected chi connectivity index (χ0v) is 12.1. The average Bonchev–Trinajstić information content (AvgIpc) is 2.39. The first-order chi connectivity index (χ1) is 9.06. The Labute approximate surface area is 119 Å². The van der Waals surface area contributed by atoms with Gasteiger partial charge in [-0.3, -0.25) is 9.59 Å². The summed E-state index contributed by atoms with van der Waals surface area (Å²) in [6.07, 6.45) is 0.729. The largest absolute Gasteiger partial charge is 0.347 e. The summed E-state index contributed by atoms with van der Waals surface area (Å²) < 4.78 is 0.972. The molecule has 1 aromatic rings. The summed E-state index contributed by atoms with van der Waals surface area (Å²) in [5, 5.41) is 7.99. The van der Waals surface area contributed by atoms with Crippen LogP contribution in [0.25, 0.3) is 0 Å². The Morgan fingerprint density at radius 1 is 1.47 bits per heavy atom. The zero-order valence-electron chi connectivity index (χ0n) is 10.5. The molecule has 5 nitrogen and oxygen atoms in total. The predicted molar refractivity (Wildman–Crippen MR) is 75.4 cm³/mol. The summed E-state index contributed by atoms with van der Waals surface area (Å²) in [5.74, 6) is -0.289. The second-order valence-electron chi connectivity index (χ2n) is 4.28. The first kappa shape index (κ1) is 13.7. The fraction of sp³-hybridized carbons (Fsp3) is 0.308. The molecule has 1 heterocycles. The van der Waals surface area contributed by atoms with Crippen molar-refractivity contribution in [2.45, 2.75) is 19.4 Å². The molecule has 0 fully saturated rings. The van der Waals surface area contributed by atoms with Crippen LogP contribution in [0.1, 0.15) is 18.4 Å². The Kier molecular flexibility index (Phi) is 4.31. The van der Waals surface area contributed by atoms with Gasteiger partial charge in [0.1, 0.15) is 5.71 Å². The van der Waals surface area contributed by atoms with E-state index < -0.39 is 0 Å². The Balaban J connectivity index is 1.95. The highest BCUT2D eigenvalue weighted by Crippen LogP contribution is 2.11. The van der Waals surface area contributed by atoms with Crippen molar-refractivity contribution < 1.29 is 9.59 Å². The number of hydrogen-bond acceptors (Lipinski definition) is 3. The number of carbonyl (C=O) groups excluding carboxylic acids is 2. The smallest absolute Gasteiger partial charge is 0.267 e. The van der Waals surface area contributed by atoms with Crippen molar-refractivity contribution in [2.75, 3.05) is 7.05 Å². The number of rotatable bonds is 3. The van der Waals surface area contributed by atoms with Crippen LogP contribution in [-0.2, 0) is 16.1 Å². The van der Waals surface area contributed by atoms with Crippen molar-refractivity contribution in [1.29, 1.82) is 0 Å². The van der Waals surface area contributed by atoms with Gasteiger partial charge in [-0.2, -0.15) is 5.10 Å². The van der Waals surface area contributed by atoms with Crippen LogP contribution in [0.2, 0.25) is 0 Å². The van der Waals surface area contributed by atoms with Gasteiger partial charge in [-0.25, -0.2) is 5.01 Å². The highest BCUT2D eigenvalue weighted by Gasteiger charge is 2.21. The van der Waals surface area contributed by atoms with E-state index in [-0.39, 0.29) is 11.8 Å². The minimum Gasteiger partial charge on any atom is -0.347 e. The van der Waals surface area contributed by atoms with Crippen LogP contribution < -0.4 is 5.32 Å². The number of benzene rings is 1. The highest BCUT2D eigenvalue weighted by molar-refractivity contribution is 9.10. The fourth-order valence-electron chi connectivity index (χ4n) is 1.76. The summed E-state index contributed by atoms with van der Waals surface area (Å²) >= 11 is 3.38. The molecule has 0 aliphatic carbocycles. The SMILES string of the molecule is CN1N=C(C(=O)NCc2cccc(Br)c2)CCC1=O. The highest BCUT2D eigenvalue weighted by atomic mass is 79.9. The Bertz CT molecular complexity index is 542. The van der Waals surface area contributed by atoms with Gasteiger partial charge in [0.25, 0.3) is 5.91 Å². The van der Waals surface area contributed by atoms with E-state index in [1.54, 1.807) is 7.05 Å². The number of hydrazone groups is 1. The lowest BCUT2D eigenvalue weighted by Gasteiger charge is -2.18. The van der Waals surface area contributed by atoms with Crippen LogP contribution in [0.3, 0.4) is 0 Å². The van der Waals surface area contributed by atoms with E-state index in [1.807, 2.05) is 24.3 Å². The lowest BCUT2D eigenvalue weighted by Crippen LogP contribution is -2.37. The van der Waals surface area contributed by atoms with Gasteiger partial charge in [0, 0.05) is 30.9 Å². The summed E-state index contributed by atoms with van der Waals surface area (Å²) in [7, 11) is 1.56. The minimum absolute atomic E-state index is 0.0662. The molecular weight excluding hydrogens is 310 g/mol. The Hall–Kier alpha value is -1.69. The van der Waals surface area contributed by atoms with Crippen molar-refractivity contribution in [3.63, 3.8) is 0 Å². The number of nitrogens with one attached hydrogen (secondary N) is 1. The summed E-state index contributed by atoms with van der Waals surface area (Å²) in [4.78, 5) is 23.2. The molecule has 0 spiro atoms. The molecule has 1 aliphatic heterocycles. The van der Waals surface area contributed by atoms with Crippen molar-refractivity contribution >= 4 is 33.5 Å². The maximum absolute atomic E-state index is 11.9. The Morgan fingerprint density at radius 2 is 2.26 bits per heavy atom. The van der Waals surface area contributed by atoms with E-state index in [0.717, 1.165) is 10.0 Å². The molecule has 1 aliphatic rings. The first-order valence-electron chi connectivity index (χ1n) is 5.93. The van der Waals surface area contributed by atoms with Gasteiger partial charge < -0.3 is 5.32 Å². The molecule has 1 N–H and O–H groups in total. The van der Waals surface area contributed by atoms with Gasteiger partial charge in [0.15, 0.2) is 0 Å². The lowest BCUT2D eigenvalue weighted by molar-refractivity contribution is -0.130. The third-order valence-corrected chi connectivity index (χ3v) is 3.30. The lowest BCUT2D eigenvalue weighted by atomic mass is 10.1. The van der Waals surface area contributed by atoms with E-state index in [1.165, 1.54) is 5.01 Å². The van der Waals surface area contributed by atoms with E-state index in [9.17, 15) is 9.59 Å². The van der Waals surface area contributed by atoms with Crippen LogP contribution >= 0.6 is 15.9 Å². The molecule has 0 saturated carbocycles. The van der Waals surface area contributed by atoms with Crippen LogP contribution in [0, 0.1) is 0 Å². The molecule has 19 heavy (non-hydrogen) atoms. The predicted octanol–water partition coefficient (Wildman–Crippen LogP) is 1.67. The molecule has 0 aromatic heterocycles. The van der Waals surface area contributed by atoms with Gasteiger partial charge >= 0.3 is 0 Å². The third kappa shape index (κ3) is 3.64. The standard InChI is InChI=1S/C13H14BrN3O2/c1-17-12(18)6-5-11(16-17)13(19)15-8-9-3-2-4-10(14)7-9/h2-4,7H,5-6,8H2,1H3,(H,15,19). The summed E-state index contributed by atoms with van der Waals surface area (Å²) in [5.41, 5.74) is 1.40. The second-order valence-corrected chi connectivity index (χ2v) is 5.19. The summed E-state index contributed by atoms with van der Waals surface area (Å²) in [6.45, 7) is 0.439. The molecule has 0 atom stereocenters. The van der Waals surface area contributed by atoms with Crippen molar-refractivity contribution in [2.24, 2.45) is 5.10 Å².